The molecule has 18 heavy (non-hydrogen) atoms. The lowest BCUT2D eigenvalue weighted by Crippen LogP contribution is -2.34. The van der Waals surface area contributed by atoms with Gasteiger partial charge in [0.2, 0.25) is 0 Å². The summed E-state index contributed by atoms with van der Waals surface area (Å²) in [6.45, 7) is 4.87. The Balaban J connectivity index is 2.58. The number of carbonyl (C=O) groups excluding carboxylic acids is 1. The van der Waals surface area contributed by atoms with Gasteiger partial charge in [0.25, 0.3) is 5.91 Å². The summed E-state index contributed by atoms with van der Waals surface area (Å²) in [6.07, 6.45) is 1.00. The fourth-order valence-corrected chi connectivity index (χ4v) is 2.54. The number of alkyl halides is 1. The molecule has 0 aliphatic rings. The van der Waals surface area contributed by atoms with E-state index >= 15 is 0 Å². The third-order valence-electron chi connectivity index (χ3n) is 2.77. The van der Waals surface area contributed by atoms with Crippen LogP contribution >= 0.6 is 15.9 Å². The van der Waals surface area contributed by atoms with Crippen LogP contribution in [0.3, 0.4) is 0 Å². The Bertz CT molecular complexity index is 446. The second-order valence-corrected chi connectivity index (χ2v) is 5.77. The lowest BCUT2D eigenvalue weighted by molar-refractivity contribution is 0.0936. The minimum atomic E-state index is -0.0952. The van der Waals surface area contributed by atoms with Crippen LogP contribution in [0.2, 0.25) is 0 Å². The zero-order chi connectivity index (χ0) is 13.6. The molecule has 1 aromatic rings. The first kappa shape index (κ1) is 14.7. The Kier molecular flexibility index (Phi) is 5.36. The lowest BCUT2D eigenvalue weighted by atomic mass is 9.90. The number of benzene rings is 1. The predicted octanol–water partition coefficient (Wildman–Crippen LogP) is 3.10. The summed E-state index contributed by atoms with van der Waals surface area (Å²) in [4.78, 5) is 11.9. The first-order valence-electron chi connectivity index (χ1n) is 5.83. The number of nitrogens with zero attached hydrogens (tertiary/aromatic N) is 1. The highest BCUT2D eigenvalue weighted by Gasteiger charge is 2.18. The van der Waals surface area contributed by atoms with Gasteiger partial charge in [-0.2, -0.15) is 5.26 Å². The van der Waals surface area contributed by atoms with Crippen molar-refractivity contribution in [2.45, 2.75) is 20.3 Å². The first-order chi connectivity index (χ1) is 8.48. The summed E-state index contributed by atoms with van der Waals surface area (Å²) in [6, 6.07) is 8.68. The van der Waals surface area contributed by atoms with Gasteiger partial charge in [-0.15, -0.1) is 0 Å². The molecule has 96 valence electrons. The van der Waals surface area contributed by atoms with Crippen molar-refractivity contribution in [3.8, 4) is 6.07 Å². The third kappa shape index (κ3) is 4.50. The third-order valence-corrected chi connectivity index (χ3v) is 3.17. The van der Waals surface area contributed by atoms with Crippen LogP contribution in [0.4, 0.5) is 0 Å². The van der Waals surface area contributed by atoms with E-state index < -0.39 is 0 Å². The average molecular weight is 309 g/mol. The Labute approximate surface area is 116 Å². The summed E-state index contributed by atoms with van der Waals surface area (Å²) < 4.78 is 0. The van der Waals surface area contributed by atoms with Crippen LogP contribution in [0.25, 0.3) is 0 Å². The molecule has 0 aliphatic carbocycles. The topological polar surface area (TPSA) is 52.9 Å². The van der Waals surface area contributed by atoms with Crippen molar-refractivity contribution in [2.75, 3.05) is 11.9 Å². The molecule has 0 saturated heterocycles. The van der Waals surface area contributed by atoms with Crippen LogP contribution in [0.1, 0.15) is 36.2 Å². The van der Waals surface area contributed by atoms with E-state index in [1.54, 1.807) is 24.3 Å². The van der Waals surface area contributed by atoms with Crippen molar-refractivity contribution in [2.24, 2.45) is 5.41 Å². The number of hydrogen-bond donors (Lipinski definition) is 1. The fraction of sp³-hybridized carbons (Fsp3) is 0.429. The van der Waals surface area contributed by atoms with Gasteiger partial charge in [0.1, 0.15) is 0 Å². The van der Waals surface area contributed by atoms with Crippen LogP contribution < -0.4 is 5.32 Å². The average Bonchev–Trinajstić information content (AvgIpc) is 2.36. The van der Waals surface area contributed by atoms with Crippen molar-refractivity contribution in [1.29, 1.82) is 5.26 Å². The SMILES string of the molecule is CC(C)(CCBr)CNC(=O)c1ccc(C#N)cc1. The molecule has 0 spiro atoms. The first-order valence-corrected chi connectivity index (χ1v) is 6.95. The number of amides is 1. The molecule has 1 N–H and O–H groups in total. The smallest absolute Gasteiger partial charge is 0.251 e. The van der Waals surface area contributed by atoms with Crippen molar-refractivity contribution < 1.29 is 4.79 Å². The molecule has 0 radical (unpaired) electrons. The second kappa shape index (κ2) is 6.55. The van der Waals surface area contributed by atoms with Gasteiger partial charge in [0.05, 0.1) is 11.6 Å². The maximum atomic E-state index is 11.9. The van der Waals surface area contributed by atoms with Gasteiger partial charge in [-0.3, -0.25) is 4.79 Å². The van der Waals surface area contributed by atoms with E-state index in [9.17, 15) is 4.79 Å². The minimum absolute atomic E-state index is 0.0752. The maximum Gasteiger partial charge on any atom is 0.251 e. The van der Waals surface area contributed by atoms with Gasteiger partial charge in [0.15, 0.2) is 0 Å². The standard InChI is InChI=1S/C14H17BrN2O/c1-14(2,7-8-15)10-17-13(18)12-5-3-11(9-16)4-6-12/h3-6H,7-8,10H2,1-2H3,(H,17,18). The van der Waals surface area contributed by atoms with Gasteiger partial charge >= 0.3 is 0 Å². The molecule has 0 bridgehead atoms. The fourth-order valence-electron chi connectivity index (χ4n) is 1.46. The second-order valence-electron chi connectivity index (χ2n) is 4.98. The molecule has 3 nitrogen and oxygen atoms in total. The minimum Gasteiger partial charge on any atom is -0.352 e. The van der Waals surface area contributed by atoms with Crippen LogP contribution in [0, 0.1) is 16.7 Å². The summed E-state index contributed by atoms with van der Waals surface area (Å²) in [5.41, 5.74) is 1.22. The zero-order valence-electron chi connectivity index (χ0n) is 10.7. The molecule has 1 amide bonds. The quantitative estimate of drug-likeness (QED) is 0.850. The molecule has 0 heterocycles. The van der Waals surface area contributed by atoms with Crippen LogP contribution in [-0.4, -0.2) is 17.8 Å². The largest absolute Gasteiger partial charge is 0.352 e. The Morgan fingerprint density at radius 1 is 1.39 bits per heavy atom. The summed E-state index contributed by atoms with van der Waals surface area (Å²) in [5.74, 6) is -0.0952. The highest BCUT2D eigenvalue weighted by atomic mass is 79.9. The molecule has 1 rings (SSSR count). The van der Waals surface area contributed by atoms with Crippen molar-refractivity contribution in [1.82, 2.24) is 5.32 Å². The number of nitrogens with one attached hydrogen (secondary N) is 1. The number of nitriles is 1. The lowest BCUT2D eigenvalue weighted by Gasteiger charge is -2.23. The monoisotopic (exact) mass is 308 g/mol. The van der Waals surface area contributed by atoms with Gasteiger partial charge in [-0.05, 0) is 36.1 Å². The van der Waals surface area contributed by atoms with E-state index in [0.29, 0.717) is 17.7 Å². The molecule has 0 unspecified atom stereocenters. The molecule has 0 aliphatic heterocycles. The van der Waals surface area contributed by atoms with E-state index in [0.717, 1.165) is 11.8 Å². The molecular formula is C14H17BrN2O. The van der Waals surface area contributed by atoms with Gasteiger partial charge in [0, 0.05) is 17.4 Å². The van der Waals surface area contributed by atoms with Crippen LogP contribution in [0.15, 0.2) is 24.3 Å². The molecule has 0 fully saturated rings. The Morgan fingerprint density at radius 2 is 2.00 bits per heavy atom. The van der Waals surface area contributed by atoms with Gasteiger partial charge in [-0.1, -0.05) is 29.8 Å². The van der Waals surface area contributed by atoms with Gasteiger partial charge in [-0.25, -0.2) is 0 Å². The molecule has 0 saturated carbocycles. The van der Waals surface area contributed by atoms with Crippen molar-refractivity contribution in [3.63, 3.8) is 0 Å². The van der Waals surface area contributed by atoms with Crippen LogP contribution in [0.5, 0.6) is 0 Å². The molecule has 0 atom stereocenters. The van der Waals surface area contributed by atoms with E-state index in [4.69, 9.17) is 5.26 Å². The normalized spacial score (nSPS) is 10.8. The van der Waals surface area contributed by atoms with Crippen molar-refractivity contribution >= 4 is 21.8 Å². The van der Waals surface area contributed by atoms with Crippen LogP contribution in [-0.2, 0) is 0 Å². The molecule has 0 aromatic heterocycles. The van der Waals surface area contributed by atoms with E-state index in [-0.39, 0.29) is 11.3 Å². The molecule has 4 heteroatoms. The van der Waals surface area contributed by atoms with E-state index in [2.05, 4.69) is 35.1 Å². The summed E-state index contributed by atoms with van der Waals surface area (Å²) in [7, 11) is 0. The summed E-state index contributed by atoms with van der Waals surface area (Å²) >= 11 is 3.41. The number of rotatable bonds is 5. The Hall–Kier alpha value is -1.34. The Morgan fingerprint density at radius 3 is 2.50 bits per heavy atom. The van der Waals surface area contributed by atoms with E-state index in [1.807, 2.05) is 6.07 Å². The molecule has 1 aromatic carbocycles. The van der Waals surface area contributed by atoms with E-state index in [1.165, 1.54) is 0 Å². The highest BCUT2D eigenvalue weighted by molar-refractivity contribution is 9.09. The van der Waals surface area contributed by atoms with Gasteiger partial charge < -0.3 is 5.32 Å². The predicted molar refractivity (Wildman–Crippen MR) is 75.7 cm³/mol. The highest BCUT2D eigenvalue weighted by Crippen LogP contribution is 2.20. The number of hydrogen-bond acceptors (Lipinski definition) is 2. The van der Waals surface area contributed by atoms with Crippen molar-refractivity contribution in [3.05, 3.63) is 35.4 Å². The maximum absolute atomic E-state index is 11.9. The number of halogens is 1. The zero-order valence-corrected chi connectivity index (χ0v) is 12.3. The molecular weight excluding hydrogens is 292 g/mol. The number of carbonyl (C=O) groups is 1. The summed E-state index contributed by atoms with van der Waals surface area (Å²) in [5, 5.41) is 12.5.